The third-order valence-corrected chi connectivity index (χ3v) is 5.66. The van der Waals surface area contributed by atoms with Crippen LogP contribution in [0, 0.1) is 17.3 Å². The predicted octanol–water partition coefficient (Wildman–Crippen LogP) is 4.04. The third kappa shape index (κ3) is 3.64. The van der Waals surface area contributed by atoms with Gasteiger partial charge in [-0.15, -0.1) is 0 Å². The van der Waals surface area contributed by atoms with Gasteiger partial charge in [0, 0.05) is 0 Å². The van der Waals surface area contributed by atoms with Crippen molar-refractivity contribution in [3.63, 3.8) is 0 Å². The van der Waals surface area contributed by atoms with Gasteiger partial charge in [-0.3, -0.25) is 9.59 Å². The summed E-state index contributed by atoms with van der Waals surface area (Å²) in [5.74, 6) is -3.06. The Labute approximate surface area is 153 Å². The first-order chi connectivity index (χ1) is 12.5. The van der Waals surface area contributed by atoms with Crippen LogP contribution >= 0.6 is 0 Å². The Balaban J connectivity index is 1.96. The van der Waals surface area contributed by atoms with Crippen molar-refractivity contribution in [3.05, 3.63) is 71.8 Å². The Kier molecular flexibility index (Phi) is 5.40. The van der Waals surface area contributed by atoms with Gasteiger partial charge >= 0.3 is 11.9 Å². The molecule has 1 aliphatic carbocycles. The minimum atomic E-state index is -1.26. The van der Waals surface area contributed by atoms with Crippen molar-refractivity contribution in [3.8, 4) is 0 Å². The van der Waals surface area contributed by atoms with E-state index in [1.54, 1.807) is 0 Å². The van der Waals surface area contributed by atoms with Crippen molar-refractivity contribution >= 4 is 11.9 Å². The average molecular weight is 352 g/mol. The van der Waals surface area contributed by atoms with E-state index in [0.717, 1.165) is 24.0 Å². The minimum absolute atomic E-state index is 0.177. The lowest BCUT2D eigenvalue weighted by atomic mass is 9.58. The zero-order valence-corrected chi connectivity index (χ0v) is 14.7. The minimum Gasteiger partial charge on any atom is -0.481 e. The SMILES string of the molecule is O=C(O)C1C(Cc2ccccc2)CCCC1(Cc1ccccc1)C(=O)O. The molecule has 3 atom stereocenters. The third-order valence-electron chi connectivity index (χ3n) is 5.66. The van der Waals surface area contributed by atoms with Crippen molar-refractivity contribution in [2.45, 2.75) is 32.1 Å². The van der Waals surface area contributed by atoms with E-state index >= 15 is 0 Å². The summed E-state index contributed by atoms with van der Waals surface area (Å²) in [6, 6.07) is 19.1. The molecule has 2 aromatic rings. The Bertz CT molecular complexity index is 756. The molecule has 4 nitrogen and oxygen atoms in total. The number of aliphatic carboxylic acids is 2. The quantitative estimate of drug-likeness (QED) is 0.823. The summed E-state index contributed by atoms with van der Waals surface area (Å²) in [7, 11) is 0. The normalized spacial score (nSPS) is 25.5. The van der Waals surface area contributed by atoms with Crippen LogP contribution in [0.4, 0.5) is 0 Å². The van der Waals surface area contributed by atoms with Gasteiger partial charge < -0.3 is 10.2 Å². The smallest absolute Gasteiger partial charge is 0.310 e. The topological polar surface area (TPSA) is 74.6 Å². The molecule has 0 bridgehead atoms. The highest BCUT2D eigenvalue weighted by Crippen LogP contribution is 2.48. The van der Waals surface area contributed by atoms with Gasteiger partial charge in [0.1, 0.15) is 0 Å². The molecule has 0 radical (unpaired) electrons. The van der Waals surface area contributed by atoms with Gasteiger partial charge in [0.05, 0.1) is 11.3 Å². The maximum absolute atomic E-state index is 12.3. The van der Waals surface area contributed by atoms with Crippen molar-refractivity contribution in [2.75, 3.05) is 0 Å². The summed E-state index contributed by atoms with van der Waals surface area (Å²) in [5.41, 5.74) is 0.677. The van der Waals surface area contributed by atoms with E-state index in [4.69, 9.17) is 0 Å². The maximum atomic E-state index is 12.3. The molecular formula is C22H24O4. The zero-order valence-electron chi connectivity index (χ0n) is 14.7. The molecule has 1 fully saturated rings. The largest absolute Gasteiger partial charge is 0.481 e. The van der Waals surface area contributed by atoms with Gasteiger partial charge in [0.15, 0.2) is 0 Å². The van der Waals surface area contributed by atoms with E-state index < -0.39 is 23.3 Å². The Morgan fingerprint density at radius 2 is 1.50 bits per heavy atom. The number of carboxylic acid groups (broad SMARTS) is 2. The number of hydrogen-bond donors (Lipinski definition) is 2. The van der Waals surface area contributed by atoms with Crippen LogP contribution in [0.25, 0.3) is 0 Å². The van der Waals surface area contributed by atoms with E-state index in [2.05, 4.69) is 0 Å². The molecule has 2 aromatic carbocycles. The first-order valence-electron chi connectivity index (χ1n) is 9.07. The van der Waals surface area contributed by atoms with Crippen LogP contribution in [0.3, 0.4) is 0 Å². The van der Waals surface area contributed by atoms with Crippen LogP contribution in [0.5, 0.6) is 0 Å². The van der Waals surface area contributed by atoms with E-state index in [0.29, 0.717) is 12.8 Å². The second-order valence-corrected chi connectivity index (χ2v) is 7.28. The molecule has 1 saturated carbocycles. The van der Waals surface area contributed by atoms with Crippen molar-refractivity contribution in [1.82, 2.24) is 0 Å². The molecule has 3 rings (SSSR count). The van der Waals surface area contributed by atoms with Gasteiger partial charge in [-0.05, 0) is 42.7 Å². The predicted molar refractivity (Wildman–Crippen MR) is 98.8 cm³/mol. The fourth-order valence-corrected chi connectivity index (χ4v) is 4.50. The second kappa shape index (κ2) is 7.73. The van der Waals surface area contributed by atoms with E-state index in [-0.39, 0.29) is 12.3 Å². The summed E-state index contributed by atoms with van der Waals surface area (Å²) in [6.07, 6.45) is 2.74. The highest BCUT2D eigenvalue weighted by Gasteiger charge is 2.54. The lowest BCUT2D eigenvalue weighted by molar-refractivity contribution is -0.169. The van der Waals surface area contributed by atoms with E-state index in [9.17, 15) is 19.8 Å². The second-order valence-electron chi connectivity index (χ2n) is 7.28. The van der Waals surface area contributed by atoms with Gasteiger partial charge in [-0.2, -0.15) is 0 Å². The summed E-state index contributed by atoms with van der Waals surface area (Å²) in [4.78, 5) is 24.5. The average Bonchev–Trinajstić information content (AvgIpc) is 2.63. The molecule has 0 saturated heterocycles. The van der Waals surface area contributed by atoms with Gasteiger partial charge in [0.2, 0.25) is 0 Å². The molecule has 3 unspecified atom stereocenters. The van der Waals surface area contributed by atoms with Gasteiger partial charge in [-0.25, -0.2) is 0 Å². The number of hydrogen-bond acceptors (Lipinski definition) is 2. The van der Waals surface area contributed by atoms with Crippen LogP contribution in [0.1, 0.15) is 30.4 Å². The monoisotopic (exact) mass is 352 g/mol. The summed E-state index contributed by atoms with van der Waals surface area (Å²) in [6.45, 7) is 0. The van der Waals surface area contributed by atoms with Crippen LogP contribution in [0.2, 0.25) is 0 Å². The first kappa shape index (κ1) is 18.2. The molecule has 0 spiro atoms. The number of rotatable bonds is 6. The molecule has 0 aromatic heterocycles. The van der Waals surface area contributed by atoms with Crippen LogP contribution in [-0.2, 0) is 22.4 Å². The number of carbonyl (C=O) groups is 2. The maximum Gasteiger partial charge on any atom is 0.310 e. The molecule has 136 valence electrons. The van der Waals surface area contributed by atoms with Crippen molar-refractivity contribution in [1.29, 1.82) is 0 Å². The van der Waals surface area contributed by atoms with Crippen molar-refractivity contribution < 1.29 is 19.8 Å². The number of carboxylic acids is 2. The molecule has 2 N–H and O–H groups in total. The van der Waals surface area contributed by atoms with Gasteiger partial charge in [-0.1, -0.05) is 67.1 Å². The molecule has 1 aliphatic rings. The van der Waals surface area contributed by atoms with Gasteiger partial charge in [0.25, 0.3) is 0 Å². The van der Waals surface area contributed by atoms with Crippen molar-refractivity contribution in [2.24, 2.45) is 17.3 Å². The Morgan fingerprint density at radius 3 is 2.04 bits per heavy atom. The molecule has 0 aliphatic heterocycles. The Hall–Kier alpha value is -2.62. The summed E-state index contributed by atoms with van der Waals surface area (Å²) >= 11 is 0. The molecule has 0 heterocycles. The summed E-state index contributed by atoms with van der Waals surface area (Å²) < 4.78 is 0. The lowest BCUT2D eigenvalue weighted by Gasteiger charge is -2.43. The summed E-state index contributed by atoms with van der Waals surface area (Å²) in [5, 5.41) is 20.1. The van der Waals surface area contributed by atoms with Crippen LogP contribution < -0.4 is 0 Å². The van der Waals surface area contributed by atoms with E-state index in [1.165, 1.54) is 0 Å². The zero-order chi connectivity index (χ0) is 18.6. The fourth-order valence-electron chi connectivity index (χ4n) is 4.50. The highest BCUT2D eigenvalue weighted by molar-refractivity contribution is 5.84. The lowest BCUT2D eigenvalue weighted by Crippen LogP contribution is -2.50. The first-order valence-corrected chi connectivity index (χ1v) is 9.07. The molecular weight excluding hydrogens is 328 g/mol. The molecule has 0 amide bonds. The number of benzene rings is 2. The van der Waals surface area contributed by atoms with Crippen LogP contribution in [0.15, 0.2) is 60.7 Å². The van der Waals surface area contributed by atoms with E-state index in [1.807, 2.05) is 60.7 Å². The fraction of sp³-hybridized carbons (Fsp3) is 0.364. The van der Waals surface area contributed by atoms with Crippen LogP contribution in [-0.4, -0.2) is 22.2 Å². The molecule has 4 heteroatoms. The molecule has 26 heavy (non-hydrogen) atoms. The standard InChI is InChI=1S/C22H24O4/c23-20(24)19-18(14-16-8-3-1-4-9-16)12-7-13-22(19,21(25)26)15-17-10-5-2-6-11-17/h1-6,8-11,18-19H,7,12-15H2,(H,23,24)(H,25,26). The Morgan fingerprint density at radius 1 is 0.923 bits per heavy atom. The highest BCUT2D eigenvalue weighted by atomic mass is 16.4.